The highest BCUT2D eigenvalue weighted by Crippen LogP contribution is 2.25. The summed E-state index contributed by atoms with van der Waals surface area (Å²) in [5.41, 5.74) is 7.65. The Morgan fingerprint density at radius 1 is 1.50 bits per heavy atom. The van der Waals surface area contributed by atoms with E-state index in [1.54, 1.807) is 0 Å². The summed E-state index contributed by atoms with van der Waals surface area (Å²) in [4.78, 5) is 0. The van der Waals surface area contributed by atoms with Crippen molar-refractivity contribution in [3.63, 3.8) is 0 Å². The average molecular weight is 277 g/mol. The van der Waals surface area contributed by atoms with Crippen molar-refractivity contribution >= 4 is 28.3 Å². The van der Waals surface area contributed by atoms with Gasteiger partial charge in [-0.05, 0) is 48.1 Å². The second-order valence-electron chi connectivity index (χ2n) is 2.57. The van der Waals surface area contributed by atoms with E-state index in [-0.39, 0.29) is 0 Å². The van der Waals surface area contributed by atoms with Gasteiger partial charge in [0.2, 0.25) is 0 Å². The van der Waals surface area contributed by atoms with Crippen LogP contribution in [0.5, 0.6) is 5.75 Å². The van der Waals surface area contributed by atoms with Crippen molar-refractivity contribution in [1.82, 2.24) is 0 Å². The van der Waals surface area contributed by atoms with Gasteiger partial charge in [-0.3, -0.25) is 0 Å². The first kappa shape index (κ1) is 9.64. The molecule has 1 aromatic rings. The van der Waals surface area contributed by atoms with Gasteiger partial charge in [0.1, 0.15) is 5.75 Å². The molecule has 2 nitrogen and oxygen atoms in total. The Morgan fingerprint density at radius 3 is 2.75 bits per heavy atom. The molecule has 0 unspecified atom stereocenters. The zero-order chi connectivity index (χ0) is 9.14. The third kappa shape index (κ3) is 2.03. The van der Waals surface area contributed by atoms with Crippen molar-refractivity contribution in [3.8, 4) is 5.75 Å². The van der Waals surface area contributed by atoms with Gasteiger partial charge >= 0.3 is 0 Å². The number of aryl methyl sites for hydroxylation is 1. The Labute approximate surface area is 86.2 Å². The molecule has 3 heteroatoms. The molecule has 0 amide bonds. The minimum absolute atomic E-state index is 0.681. The SMILES string of the molecule is CCOc1cc(N)c(I)cc1C. The summed E-state index contributed by atoms with van der Waals surface area (Å²) in [6.07, 6.45) is 0. The predicted octanol–water partition coefficient (Wildman–Crippen LogP) is 2.58. The van der Waals surface area contributed by atoms with Crippen LogP contribution in [0.1, 0.15) is 12.5 Å². The van der Waals surface area contributed by atoms with Crippen LogP contribution in [0.2, 0.25) is 0 Å². The average Bonchev–Trinajstić information content (AvgIpc) is 2.01. The molecule has 12 heavy (non-hydrogen) atoms. The van der Waals surface area contributed by atoms with Crippen LogP contribution in [0.25, 0.3) is 0 Å². The summed E-state index contributed by atoms with van der Waals surface area (Å²) >= 11 is 2.21. The van der Waals surface area contributed by atoms with E-state index in [4.69, 9.17) is 10.5 Å². The van der Waals surface area contributed by atoms with Gasteiger partial charge in [-0.15, -0.1) is 0 Å². The highest BCUT2D eigenvalue weighted by Gasteiger charge is 2.02. The van der Waals surface area contributed by atoms with Gasteiger partial charge in [-0.25, -0.2) is 0 Å². The summed E-state index contributed by atoms with van der Waals surface area (Å²) in [6, 6.07) is 3.90. The van der Waals surface area contributed by atoms with E-state index in [9.17, 15) is 0 Å². The Morgan fingerprint density at radius 2 is 2.17 bits per heavy atom. The highest BCUT2D eigenvalue weighted by molar-refractivity contribution is 14.1. The number of benzene rings is 1. The molecule has 0 radical (unpaired) electrons. The van der Waals surface area contributed by atoms with E-state index >= 15 is 0 Å². The van der Waals surface area contributed by atoms with E-state index in [2.05, 4.69) is 22.6 Å². The van der Waals surface area contributed by atoms with E-state index in [1.165, 1.54) is 0 Å². The molecule has 0 spiro atoms. The number of hydrogen-bond acceptors (Lipinski definition) is 2. The van der Waals surface area contributed by atoms with Crippen LogP contribution in [0.3, 0.4) is 0 Å². The smallest absolute Gasteiger partial charge is 0.124 e. The lowest BCUT2D eigenvalue weighted by atomic mass is 10.2. The Kier molecular flexibility index (Phi) is 3.20. The zero-order valence-corrected chi connectivity index (χ0v) is 9.38. The number of rotatable bonds is 2. The topological polar surface area (TPSA) is 35.2 Å². The largest absolute Gasteiger partial charge is 0.494 e. The van der Waals surface area contributed by atoms with E-state index < -0.39 is 0 Å². The standard InChI is InChI=1S/C9H12INO/c1-3-12-9-5-8(11)7(10)4-6(9)2/h4-5H,3,11H2,1-2H3. The molecular formula is C9H12INO. The van der Waals surface area contributed by atoms with E-state index in [1.807, 2.05) is 26.0 Å². The van der Waals surface area contributed by atoms with Crippen molar-refractivity contribution in [3.05, 3.63) is 21.3 Å². The molecule has 1 aromatic carbocycles. The van der Waals surface area contributed by atoms with Gasteiger partial charge in [-0.2, -0.15) is 0 Å². The lowest BCUT2D eigenvalue weighted by Crippen LogP contribution is -1.97. The van der Waals surface area contributed by atoms with Gasteiger partial charge in [0.15, 0.2) is 0 Å². The number of anilines is 1. The molecular weight excluding hydrogens is 265 g/mol. The highest BCUT2D eigenvalue weighted by atomic mass is 127. The normalized spacial score (nSPS) is 9.92. The third-order valence-electron chi connectivity index (χ3n) is 1.59. The van der Waals surface area contributed by atoms with Crippen molar-refractivity contribution in [1.29, 1.82) is 0 Å². The van der Waals surface area contributed by atoms with E-state index in [0.717, 1.165) is 20.6 Å². The first-order chi connectivity index (χ1) is 5.65. The number of nitrogen functional groups attached to an aromatic ring is 1. The summed E-state index contributed by atoms with van der Waals surface area (Å²) in [6.45, 7) is 4.67. The van der Waals surface area contributed by atoms with Crippen molar-refractivity contribution in [2.24, 2.45) is 0 Å². The molecule has 0 aliphatic carbocycles. The van der Waals surface area contributed by atoms with Gasteiger partial charge in [-0.1, -0.05) is 0 Å². The molecule has 0 aromatic heterocycles. The Hall–Kier alpha value is -0.450. The minimum Gasteiger partial charge on any atom is -0.494 e. The number of ether oxygens (including phenoxy) is 1. The fourth-order valence-corrected chi connectivity index (χ4v) is 1.60. The number of hydrogen-bond donors (Lipinski definition) is 1. The molecule has 0 saturated heterocycles. The van der Waals surface area contributed by atoms with Crippen molar-refractivity contribution in [2.45, 2.75) is 13.8 Å². The fraction of sp³-hybridized carbons (Fsp3) is 0.333. The quantitative estimate of drug-likeness (QED) is 0.666. The number of halogens is 1. The second kappa shape index (κ2) is 3.98. The first-order valence-corrected chi connectivity index (χ1v) is 4.91. The molecule has 0 aliphatic heterocycles. The summed E-state index contributed by atoms with van der Waals surface area (Å²) < 4.78 is 6.47. The lowest BCUT2D eigenvalue weighted by molar-refractivity contribution is 0.338. The maximum absolute atomic E-state index is 5.73. The molecule has 0 saturated carbocycles. The Balaban J connectivity index is 3.05. The second-order valence-corrected chi connectivity index (χ2v) is 3.73. The van der Waals surface area contributed by atoms with Crippen LogP contribution < -0.4 is 10.5 Å². The predicted molar refractivity (Wildman–Crippen MR) is 59.5 cm³/mol. The first-order valence-electron chi connectivity index (χ1n) is 3.83. The monoisotopic (exact) mass is 277 g/mol. The summed E-state index contributed by atoms with van der Waals surface area (Å²) in [5, 5.41) is 0. The molecule has 2 N–H and O–H groups in total. The van der Waals surface area contributed by atoms with E-state index in [0.29, 0.717) is 6.61 Å². The van der Waals surface area contributed by atoms with Crippen molar-refractivity contribution in [2.75, 3.05) is 12.3 Å². The van der Waals surface area contributed by atoms with Gasteiger partial charge in [0.05, 0.1) is 6.61 Å². The zero-order valence-electron chi connectivity index (χ0n) is 7.23. The maximum Gasteiger partial charge on any atom is 0.124 e. The molecule has 0 heterocycles. The third-order valence-corrected chi connectivity index (χ3v) is 2.53. The van der Waals surface area contributed by atoms with Gasteiger partial charge in [0.25, 0.3) is 0 Å². The van der Waals surface area contributed by atoms with Crippen LogP contribution in [0.4, 0.5) is 5.69 Å². The van der Waals surface area contributed by atoms with Crippen molar-refractivity contribution < 1.29 is 4.74 Å². The molecule has 0 fully saturated rings. The molecule has 0 bridgehead atoms. The fourth-order valence-electron chi connectivity index (χ4n) is 0.980. The Bertz CT molecular complexity index is 286. The van der Waals surface area contributed by atoms with Crippen LogP contribution in [0, 0.1) is 10.5 Å². The van der Waals surface area contributed by atoms with Gasteiger partial charge in [0, 0.05) is 15.3 Å². The van der Waals surface area contributed by atoms with Crippen LogP contribution in [0.15, 0.2) is 12.1 Å². The molecule has 0 atom stereocenters. The van der Waals surface area contributed by atoms with Gasteiger partial charge < -0.3 is 10.5 Å². The maximum atomic E-state index is 5.73. The van der Waals surface area contributed by atoms with Crippen LogP contribution in [-0.4, -0.2) is 6.61 Å². The van der Waals surface area contributed by atoms with Crippen LogP contribution >= 0.6 is 22.6 Å². The molecule has 0 aliphatic rings. The minimum atomic E-state index is 0.681. The summed E-state index contributed by atoms with van der Waals surface area (Å²) in [7, 11) is 0. The van der Waals surface area contributed by atoms with Crippen LogP contribution in [-0.2, 0) is 0 Å². The molecule has 1 rings (SSSR count). The lowest BCUT2D eigenvalue weighted by Gasteiger charge is -2.08. The summed E-state index contributed by atoms with van der Waals surface area (Å²) in [5.74, 6) is 0.885. The molecule has 66 valence electrons. The number of nitrogens with two attached hydrogens (primary N) is 1.